The lowest BCUT2D eigenvalue weighted by molar-refractivity contribution is -0.139. The number of rotatable bonds is 6. The van der Waals surface area contributed by atoms with Gasteiger partial charge in [0.2, 0.25) is 0 Å². The number of aliphatic carboxylic acids is 1. The highest BCUT2D eigenvalue weighted by atomic mass is 79.9. The fourth-order valence-corrected chi connectivity index (χ4v) is 2.22. The van der Waals surface area contributed by atoms with Crippen molar-refractivity contribution in [3.05, 3.63) is 34.1 Å². The number of hydrogen-bond acceptors (Lipinski definition) is 3. The monoisotopic (exact) mass is 349 g/mol. The van der Waals surface area contributed by atoms with Gasteiger partial charge in [-0.3, -0.25) is 4.79 Å². The van der Waals surface area contributed by atoms with Crippen LogP contribution in [0.5, 0.6) is 0 Å². The van der Waals surface area contributed by atoms with E-state index in [4.69, 9.17) is 5.11 Å². The maximum absolute atomic E-state index is 13.0. The van der Waals surface area contributed by atoms with Gasteiger partial charge in [0.25, 0.3) is 5.91 Å². The standard InChI is InChI=1S/C12H13BrFNO3S/c1-19-5-4-10(12(17)18)15-11(16)7-2-3-9(14)8(13)6-7/h2-3,6,10H,4-5H2,1H3,(H,15,16)(H,17,18)/t10-/m1/s1. The third kappa shape index (κ3) is 4.83. The Kier molecular flexibility index (Phi) is 6.30. The van der Waals surface area contributed by atoms with Crippen molar-refractivity contribution in [1.82, 2.24) is 5.32 Å². The van der Waals surface area contributed by atoms with Gasteiger partial charge in [0.1, 0.15) is 11.9 Å². The predicted molar refractivity (Wildman–Crippen MR) is 76.0 cm³/mol. The molecule has 0 radical (unpaired) electrons. The van der Waals surface area contributed by atoms with Crippen LogP contribution in [0.1, 0.15) is 16.8 Å². The summed E-state index contributed by atoms with van der Waals surface area (Å²) in [5, 5.41) is 11.4. The summed E-state index contributed by atoms with van der Waals surface area (Å²) >= 11 is 4.48. The Hall–Kier alpha value is -1.08. The first kappa shape index (κ1) is 16.0. The van der Waals surface area contributed by atoms with E-state index in [-0.39, 0.29) is 10.0 Å². The van der Waals surface area contributed by atoms with Crippen molar-refractivity contribution in [3.63, 3.8) is 0 Å². The van der Waals surface area contributed by atoms with Crippen LogP contribution in [0.25, 0.3) is 0 Å². The molecular formula is C12H13BrFNO3S. The lowest BCUT2D eigenvalue weighted by atomic mass is 10.1. The van der Waals surface area contributed by atoms with Crippen LogP contribution in [0.3, 0.4) is 0 Å². The summed E-state index contributed by atoms with van der Waals surface area (Å²) in [7, 11) is 0. The van der Waals surface area contributed by atoms with Gasteiger partial charge in [-0.05, 0) is 52.6 Å². The molecule has 0 unspecified atom stereocenters. The van der Waals surface area contributed by atoms with Gasteiger partial charge in [-0.2, -0.15) is 11.8 Å². The van der Waals surface area contributed by atoms with Gasteiger partial charge in [0.05, 0.1) is 4.47 Å². The molecule has 0 aliphatic rings. The van der Waals surface area contributed by atoms with E-state index >= 15 is 0 Å². The van der Waals surface area contributed by atoms with Crippen LogP contribution in [-0.4, -0.2) is 35.0 Å². The number of hydrogen-bond donors (Lipinski definition) is 2. The maximum atomic E-state index is 13.0. The number of thioether (sulfide) groups is 1. The molecule has 7 heteroatoms. The summed E-state index contributed by atoms with van der Waals surface area (Å²) in [6.45, 7) is 0. The molecule has 0 saturated heterocycles. The minimum atomic E-state index is -1.08. The largest absolute Gasteiger partial charge is 0.480 e. The van der Waals surface area contributed by atoms with Crippen molar-refractivity contribution in [2.24, 2.45) is 0 Å². The molecule has 1 rings (SSSR count). The number of benzene rings is 1. The first-order chi connectivity index (χ1) is 8.95. The number of carbonyl (C=O) groups excluding carboxylic acids is 1. The molecule has 0 aliphatic carbocycles. The van der Waals surface area contributed by atoms with E-state index in [0.717, 1.165) is 6.07 Å². The molecule has 104 valence electrons. The number of carbonyl (C=O) groups is 2. The zero-order valence-corrected chi connectivity index (χ0v) is 12.6. The van der Waals surface area contributed by atoms with Crippen LogP contribution >= 0.6 is 27.7 Å². The second kappa shape index (κ2) is 7.49. The van der Waals surface area contributed by atoms with Gasteiger partial charge in [0, 0.05) is 5.56 Å². The van der Waals surface area contributed by atoms with E-state index in [1.807, 2.05) is 6.26 Å². The Labute approximate surface area is 122 Å². The highest BCUT2D eigenvalue weighted by Crippen LogP contribution is 2.17. The van der Waals surface area contributed by atoms with Crippen LogP contribution in [0.15, 0.2) is 22.7 Å². The zero-order valence-electron chi connectivity index (χ0n) is 10.2. The van der Waals surface area contributed by atoms with Crippen molar-refractivity contribution >= 4 is 39.6 Å². The third-order valence-corrected chi connectivity index (χ3v) is 3.65. The summed E-state index contributed by atoms with van der Waals surface area (Å²) in [6, 6.07) is 2.83. The molecule has 0 heterocycles. The quantitative estimate of drug-likeness (QED) is 0.828. The smallest absolute Gasteiger partial charge is 0.326 e. The number of carboxylic acids is 1. The maximum Gasteiger partial charge on any atom is 0.326 e. The Morgan fingerprint density at radius 1 is 1.53 bits per heavy atom. The Morgan fingerprint density at radius 3 is 2.74 bits per heavy atom. The van der Waals surface area contributed by atoms with Crippen molar-refractivity contribution in [2.75, 3.05) is 12.0 Å². The van der Waals surface area contributed by atoms with Crippen LogP contribution in [0.2, 0.25) is 0 Å². The van der Waals surface area contributed by atoms with E-state index in [9.17, 15) is 14.0 Å². The fraction of sp³-hybridized carbons (Fsp3) is 0.333. The van der Waals surface area contributed by atoms with Gasteiger partial charge < -0.3 is 10.4 Å². The van der Waals surface area contributed by atoms with E-state index in [1.165, 1.54) is 23.9 Å². The molecule has 0 aromatic heterocycles. The molecule has 2 N–H and O–H groups in total. The van der Waals surface area contributed by atoms with Gasteiger partial charge in [-0.1, -0.05) is 0 Å². The molecule has 1 aromatic rings. The summed E-state index contributed by atoms with van der Waals surface area (Å²) in [4.78, 5) is 22.9. The first-order valence-corrected chi connectivity index (χ1v) is 7.62. The van der Waals surface area contributed by atoms with Crippen molar-refractivity contribution in [3.8, 4) is 0 Å². The zero-order chi connectivity index (χ0) is 14.4. The number of halogens is 2. The van der Waals surface area contributed by atoms with Crippen molar-refractivity contribution < 1.29 is 19.1 Å². The minimum Gasteiger partial charge on any atom is -0.480 e. The van der Waals surface area contributed by atoms with E-state index in [1.54, 1.807) is 0 Å². The van der Waals surface area contributed by atoms with Gasteiger partial charge in [-0.25, -0.2) is 9.18 Å². The average Bonchev–Trinajstić information content (AvgIpc) is 2.37. The normalized spacial score (nSPS) is 11.9. The summed E-state index contributed by atoms with van der Waals surface area (Å²) in [5.41, 5.74) is 0.212. The molecule has 1 aromatic carbocycles. The lowest BCUT2D eigenvalue weighted by Gasteiger charge is -2.14. The number of carboxylic acid groups (broad SMARTS) is 1. The lowest BCUT2D eigenvalue weighted by Crippen LogP contribution is -2.41. The molecule has 0 aliphatic heterocycles. The Balaban J connectivity index is 2.75. The predicted octanol–water partition coefficient (Wildman–Crippen LogP) is 2.52. The second-order valence-corrected chi connectivity index (χ2v) is 5.61. The molecule has 0 spiro atoms. The SMILES string of the molecule is CSCC[C@@H](NC(=O)c1ccc(F)c(Br)c1)C(=O)O. The number of amides is 1. The molecule has 0 fully saturated rings. The van der Waals surface area contributed by atoms with Crippen LogP contribution < -0.4 is 5.32 Å². The highest BCUT2D eigenvalue weighted by molar-refractivity contribution is 9.10. The first-order valence-electron chi connectivity index (χ1n) is 5.43. The van der Waals surface area contributed by atoms with E-state index < -0.39 is 23.7 Å². The summed E-state index contributed by atoms with van der Waals surface area (Å²) in [6.07, 6.45) is 2.20. The minimum absolute atomic E-state index is 0.163. The van der Waals surface area contributed by atoms with E-state index in [0.29, 0.717) is 12.2 Å². The third-order valence-electron chi connectivity index (χ3n) is 2.40. The summed E-state index contributed by atoms with van der Waals surface area (Å²) < 4.78 is 13.2. The van der Waals surface area contributed by atoms with Crippen LogP contribution in [0.4, 0.5) is 4.39 Å². The molecule has 0 bridgehead atoms. The second-order valence-electron chi connectivity index (χ2n) is 3.77. The Bertz CT molecular complexity index is 484. The van der Waals surface area contributed by atoms with Crippen molar-refractivity contribution in [1.29, 1.82) is 0 Å². The summed E-state index contributed by atoms with van der Waals surface area (Å²) in [5.74, 6) is -1.46. The van der Waals surface area contributed by atoms with Crippen LogP contribution in [-0.2, 0) is 4.79 Å². The van der Waals surface area contributed by atoms with E-state index in [2.05, 4.69) is 21.2 Å². The molecule has 1 amide bonds. The number of nitrogens with one attached hydrogen (secondary N) is 1. The van der Waals surface area contributed by atoms with Gasteiger partial charge >= 0.3 is 5.97 Å². The molecule has 19 heavy (non-hydrogen) atoms. The Morgan fingerprint density at radius 2 is 2.21 bits per heavy atom. The van der Waals surface area contributed by atoms with Crippen LogP contribution in [0, 0.1) is 5.82 Å². The fourth-order valence-electron chi connectivity index (χ4n) is 1.37. The van der Waals surface area contributed by atoms with Gasteiger partial charge in [-0.15, -0.1) is 0 Å². The average molecular weight is 350 g/mol. The van der Waals surface area contributed by atoms with Crippen molar-refractivity contribution in [2.45, 2.75) is 12.5 Å². The highest BCUT2D eigenvalue weighted by Gasteiger charge is 2.20. The molecule has 4 nitrogen and oxygen atoms in total. The molecule has 0 saturated carbocycles. The molecular weight excluding hydrogens is 337 g/mol. The van der Waals surface area contributed by atoms with Gasteiger partial charge in [0.15, 0.2) is 0 Å². The molecule has 1 atom stereocenters. The topological polar surface area (TPSA) is 66.4 Å².